The number of rotatable bonds is 10. The Morgan fingerprint density at radius 1 is 1.04 bits per heavy atom. The van der Waals surface area contributed by atoms with E-state index in [0.29, 0.717) is 5.75 Å². The molecule has 0 saturated heterocycles. The second kappa shape index (κ2) is 10.1. The third-order valence-electron chi connectivity index (χ3n) is 4.34. The average molecular weight is 422 g/mol. The third-order valence-corrected chi connectivity index (χ3v) is 6.87. The number of carboxylic acids is 1. The highest BCUT2D eigenvalue weighted by Gasteiger charge is 2.35. The Kier molecular flexibility index (Phi) is 8.10. The predicted molar refractivity (Wildman–Crippen MR) is 115 cm³/mol. The first-order valence-corrected chi connectivity index (χ1v) is 12.0. The summed E-state index contributed by atoms with van der Waals surface area (Å²) in [6.45, 7) is 3.93. The third kappa shape index (κ3) is 5.59. The van der Waals surface area contributed by atoms with Crippen molar-refractivity contribution in [2.24, 2.45) is 5.92 Å². The molecule has 1 unspecified atom stereocenters. The predicted octanol–water partition coefficient (Wildman–Crippen LogP) is 4.21. The fraction of sp³-hybridized carbons (Fsp3) is 0.381. The quantitative estimate of drug-likeness (QED) is 0.622. The van der Waals surface area contributed by atoms with Crippen molar-refractivity contribution in [2.75, 3.05) is 18.6 Å². The van der Waals surface area contributed by atoms with E-state index in [1.165, 1.54) is 11.8 Å². The highest BCUT2D eigenvalue weighted by atomic mass is 32.2. The lowest BCUT2D eigenvalue weighted by atomic mass is 10.1. The average Bonchev–Trinajstić information content (AvgIpc) is 2.67. The molecule has 0 heterocycles. The van der Waals surface area contributed by atoms with Crippen molar-refractivity contribution in [1.82, 2.24) is 4.31 Å². The number of carboxylic acid groups (broad SMARTS) is 1. The van der Waals surface area contributed by atoms with Crippen molar-refractivity contribution >= 4 is 27.8 Å². The van der Waals surface area contributed by atoms with Crippen LogP contribution in [-0.2, 0) is 14.8 Å². The molecular weight excluding hydrogens is 394 g/mol. The lowest BCUT2D eigenvalue weighted by molar-refractivity contribution is -0.141. The van der Waals surface area contributed by atoms with Gasteiger partial charge in [-0.2, -0.15) is 16.1 Å². The first kappa shape index (κ1) is 22.5. The van der Waals surface area contributed by atoms with E-state index in [1.54, 1.807) is 24.3 Å². The second-order valence-electron chi connectivity index (χ2n) is 6.99. The van der Waals surface area contributed by atoms with Crippen molar-refractivity contribution in [2.45, 2.75) is 31.2 Å². The van der Waals surface area contributed by atoms with Gasteiger partial charge in [-0.05, 0) is 47.6 Å². The number of hydrogen-bond donors (Lipinski definition) is 1. The van der Waals surface area contributed by atoms with Gasteiger partial charge < -0.3 is 5.11 Å². The maximum absolute atomic E-state index is 13.3. The van der Waals surface area contributed by atoms with Crippen LogP contribution in [0.15, 0.2) is 59.5 Å². The molecule has 0 bridgehead atoms. The molecule has 0 radical (unpaired) electrons. The molecule has 2 rings (SSSR count). The number of thioether (sulfide) groups is 1. The topological polar surface area (TPSA) is 74.7 Å². The van der Waals surface area contributed by atoms with Gasteiger partial charge in [0.1, 0.15) is 6.04 Å². The molecule has 0 fully saturated rings. The van der Waals surface area contributed by atoms with Crippen LogP contribution in [0.1, 0.15) is 20.3 Å². The van der Waals surface area contributed by atoms with Gasteiger partial charge in [-0.1, -0.05) is 56.3 Å². The van der Waals surface area contributed by atoms with Crippen LogP contribution in [0, 0.1) is 5.92 Å². The Bertz CT molecular complexity index is 865. The van der Waals surface area contributed by atoms with Crippen LogP contribution in [-0.4, -0.2) is 48.4 Å². The highest BCUT2D eigenvalue weighted by Crippen LogP contribution is 2.25. The minimum absolute atomic E-state index is 0.00879. The van der Waals surface area contributed by atoms with Crippen molar-refractivity contribution in [3.8, 4) is 11.1 Å². The Morgan fingerprint density at radius 2 is 1.61 bits per heavy atom. The van der Waals surface area contributed by atoms with E-state index in [2.05, 4.69) is 0 Å². The molecule has 5 nitrogen and oxygen atoms in total. The molecule has 0 aliphatic heterocycles. The highest BCUT2D eigenvalue weighted by molar-refractivity contribution is 7.98. The van der Waals surface area contributed by atoms with Gasteiger partial charge in [0.15, 0.2) is 0 Å². The molecule has 152 valence electrons. The Morgan fingerprint density at radius 3 is 2.11 bits per heavy atom. The van der Waals surface area contributed by atoms with E-state index >= 15 is 0 Å². The first-order valence-electron chi connectivity index (χ1n) is 9.16. The van der Waals surface area contributed by atoms with Crippen molar-refractivity contribution in [3.05, 3.63) is 54.6 Å². The first-order chi connectivity index (χ1) is 13.3. The summed E-state index contributed by atoms with van der Waals surface area (Å²) in [6, 6.07) is 15.2. The number of sulfonamides is 1. The van der Waals surface area contributed by atoms with E-state index in [0.717, 1.165) is 15.4 Å². The van der Waals surface area contributed by atoms with Gasteiger partial charge in [-0.25, -0.2) is 8.42 Å². The molecule has 0 aliphatic carbocycles. The van der Waals surface area contributed by atoms with E-state index < -0.39 is 22.0 Å². The number of carbonyl (C=O) groups is 1. The molecule has 1 atom stereocenters. The maximum atomic E-state index is 13.3. The zero-order chi connectivity index (χ0) is 20.7. The summed E-state index contributed by atoms with van der Waals surface area (Å²) in [5.74, 6) is -0.526. The molecule has 1 N–H and O–H groups in total. The van der Waals surface area contributed by atoms with Crippen LogP contribution in [0.4, 0.5) is 0 Å². The molecule has 0 aromatic heterocycles. The minimum atomic E-state index is -3.93. The molecular formula is C21H27NO4S2. The summed E-state index contributed by atoms with van der Waals surface area (Å²) in [4.78, 5) is 11.9. The summed E-state index contributed by atoms with van der Waals surface area (Å²) in [6.07, 6.45) is 2.15. The summed E-state index contributed by atoms with van der Waals surface area (Å²) < 4.78 is 27.7. The van der Waals surface area contributed by atoms with Gasteiger partial charge in [0.05, 0.1) is 4.90 Å². The van der Waals surface area contributed by atoms with Crippen molar-refractivity contribution < 1.29 is 18.3 Å². The maximum Gasteiger partial charge on any atom is 0.322 e. The Hall–Kier alpha value is -1.83. The van der Waals surface area contributed by atoms with Gasteiger partial charge in [-0.3, -0.25) is 4.79 Å². The van der Waals surface area contributed by atoms with E-state index in [-0.39, 0.29) is 23.8 Å². The van der Waals surface area contributed by atoms with E-state index in [9.17, 15) is 18.3 Å². The van der Waals surface area contributed by atoms with Crippen molar-refractivity contribution in [1.29, 1.82) is 0 Å². The molecule has 7 heteroatoms. The normalized spacial score (nSPS) is 13.0. The zero-order valence-corrected chi connectivity index (χ0v) is 18.0. The van der Waals surface area contributed by atoms with E-state index in [4.69, 9.17) is 0 Å². The van der Waals surface area contributed by atoms with Gasteiger partial charge >= 0.3 is 5.97 Å². The van der Waals surface area contributed by atoms with Gasteiger partial charge in [0, 0.05) is 6.54 Å². The lowest BCUT2D eigenvalue weighted by Gasteiger charge is -2.29. The van der Waals surface area contributed by atoms with Crippen LogP contribution in [0.3, 0.4) is 0 Å². The Labute approximate surface area is 171 Å². The van der Waals surface area contributed by atoms with Crippen molar-refractivity contribution in [3.63, 3.8) is 0 Å². The minimum Gasteiger partial charge on any atom is -0.480 e. The number of benzene rings is 2. The summed E-state index contributed by atoms with van der Waals surface area (Å²) in [5.41, 5.74) is 1.90. The largest absolute Gasteiger partial charge is 0.480 e. The monoisotopic (exact) mass is 421 g/mol. The van der Waals surface area contributed by atoms with Gasteiger partial charge in [-0.15, -0.1) is 0 Å². The fourth-order valence-corrected chi connectivity index (χ4v) is 5.19. The van der Waals surface area contributed by atoms with Crippen LogP contribution in [0.2, 0.25) is 0 Å². The standard InChI is InChI=1S/C21H27NO4S2/c1-16(2)15-22(20(21(23)24)13-14-27-3)28(25,26)19-11-9-18(10-12-19)17-7-5-4-6-8-17/h4-12,16,20H,13-15H2,1-3H3,(H,23,24). The van der Waals surface area contributed by atoms with Gasteiger partial charge in [0.25, 0.3) is 0 Å². The smallest absolute Gasteiger partial charge is 0.322 e. The zero-order valence-electron chi connectivity index (χ0n) is 16.4. The van der Waals surface area contributed by atoms with Crippen LogP contribution in [0.25, 0.3) is 11.1 Å². The van der Waals surface area contributed by atoms with Crippen LogP contribution >= 0.6 is 11.8 Å². The summed E-state index contributed by atoms with van der Waals surface area (Å²) in [7, 11) is -3.93. The van der Waals surface area contributed by atoms with Crippen LogP contribution in [0.5, 0.6) is 0 Å². The molecule has 0 aliphatic rings. The number of aliphatic carboxylic acids is 1. The molecule has 2 aromatic carbocycles. The molecule has 0 amide bonds. The SMILES string of the molecule is CSCCC(C(=O)O)N(CC(C)C)S(=O)(=O)c1ccc(-c2ccccc2)cc1. The molecule has 0 saturated carbocycles. The number of hydrogen-bond acceptors (Lipinski definition) is 4. The fourth-order valence-electron chi connectivity index (χ4n) is 2.96. The lowest BCUT2D eigenvalue weighted by Crippen LogP contribution is -2.47. The molecule has 2 aromatic rings. The number of nitrogens with zero attached hydrogens (tertiary/aromatic N) is 1. The van der Waals surface area contributed by atoms with E-state index in [1.807, 2.05) is 50.4 Å². The summed E-state index contributed by atoms with van der Waals surface area (Å²) >= 11 is 1.50. The van der Waals surface area contributed by atoms with Gasteiger partial charge in [0.2, 0.25) is 10.0 Å². The molecule has 0 spiro atoms. The second-order valence-corrected chi connectivity index (χ2v) is 9.87. The summed E-state index contributed by atoms with van der Waals surface area (Å²) in [5, 5.41) is 9.67. The Balaban J connectivity index is 2.39. The van der Waals surface area contributed by atoms with Crippen LogP contribution < -0.4 is 0 Å². The molecule has 28 heavy (non-hydrogen) atoms.